The van der Waals surface area contributed by atoms with Crippen LogP contribution in [0.25, 0.3) is 0 Å². The maximum atomic E-state index is 5.61. The third-order valence-electron chi connectivity index (χ3n) is 2.95. The highest BCUT2D eigenvalue weighted by Gasteiger charge is 2.20. The molecule has 90 valence electrons. The Balaban J connectivity index is 1.84. The highest BCUT2D eigenvalue weighted by atomic mass is 79.9. The molecule has 1 saturated heterocycles. The van der Waals surface area contributed by atoms with Crippen molar-refractivity contribution >= 4 is 27.3 Å². The summed E-state index contributed by atoms with van der Waals surface area (Å²) in [4.78, 5) is 1.37. The van der Waals surface area contributed by atoms with Gasteiger partial charge in [0.05, 0.1) is 0 Å². The topological polar surface area (TPSA) is 47.3 Å². The Morgan fingerprint density at radius 3 is 3.12 bits per heavy atom. The molecule has 1 fully saturated rings. The number of nitrogens with one attached hydrogen (secondary N) is 1. The standard InChI is InChI=1S/C11H17BrN2OS/c12-9-4-11(16-7-9)5-10(14-13)3-8-1-2-15-6-8/h4,7-8,10,14H,1-3,5-6,13H2. The molecular weight excluding hydrogens is 288 g/mol. The molecule has 2 unspecified atom stereocenters. The molecule has 5 heteroatoms. The van der Waals surface area contributed by atoms with Gasteiger partial charge in [-0.15, -0.1) is 11.3 Å². The first-order valence-electron chi connectivity index (χ1n) is 5.54. The normalized spacial score (nSPS) is 22.5. The molecule has 0 aromatic carbocycles. The zero-order valence-corrected chi connectivity index (χ0v) is 11.5. The molecular formula is C11H17BrN2OS. The van der Waals surface area contributed by atoms with E-state index in [1.165, 1.54) is 11.3 Å². The van der Waals surface area contributed by atoms with Crippen molar-refractivity contribution in [3.05, 3.63) is 20.8 Å². The molecule has 0 radical (unpaired) electrons. The van der Waals surface area contributed by atoms with E-state index in [-0.39, 0.29) is 0 Å². The van der Waals surface area contributed by atoms with Crippen molar-refractivity contribution in [3.63, 3.8) is 0 Å². The van der Waals surface area contributed by atoms with Crippen LogP contribution in [0.3, 0.4) is 0 Å². The smallest absolute Gasteiger partial charge is 0.0495 e. The van der Waals surface area contributed by atoms with Gasteiger partial charge in [0.15, 0.2) is 0 Å². The van der Waals surface area contributed by atoms with E-state index in [2.05, 4.69) is 32.8 Å². The summed E-state index contributed by atoms with van der Waals surface area (Å²) in [5, 5.41) is 2.11. The molecule has 0 amide bonds. The van der Waals surface area contributed by atoms with Gasteiger partial charge in [0, 0.05) is 34.0 Å². The lowest BCUT2D eigenvalue weighted by Crippen LogP contribution is -2.38. The summed E-state index contributed by atoms with van der Waals surface area (Å²) in [6.45, 7) is 1.80. The Labute approximate surface area is 108 Å². The minimum Gasteiger partial charge on any atom is -0.381 e. The molecule has 0 spiro atoms. The maximum absolute atomic E-state index is 5.61. The van der Waals surface area contributed by atoms with Crippen LogP contribution in [0, 0.1) is 5.92 Å². The number of rotatable bonds is 5. The van der Waals surface area contributed by atoms with Gasteiger partial charge >= 0.3 is 0 Å². The molecule has 0 bridgehead atoms. The number of hydrazine groups is 1. The Hall–Kier alpha value is 0.0600. The van der Waals surface area contributed by atoms with E-state index in [1.54, 1.807) is 11.3 Å². The maximum Gasteiger partial charge on any atom is 0.0495 e. The first-order chi connectivity index (χ1) is 7.78. The predicted molar refractivity (Wildman–Crippen MR) is 70.4 cm³/mol. The summed E-state index contributed by atoms with van der Waals surface area (Å²) in [7, 11) is 0. The predicted octanol–water partition coefficient (Wildman–Crippen LogP) is 2.31. The van der Waals surface area contributed by atoms with Gasteiger partial charge in [-0.05, 0) is 47.2 Å². The third-order valence-corrected chi connectivity index (χ3v) is 4.67. The minimum atomic E-state index is 0.359. The van der Waals surface area contributed by atoms with E-state index in [4.69, 9.17) is 10.6 Å². The van der Waals surface area contributed by atoms with E-state index >= 15 is 0 Å². The summed E-state index contributed by atoms with van der Waals surface area (Å²) < 4.78 is 6.54. The van der Waals surface area contributed by atoms with Crippen LogP contribution in [0.2, 0.25) is 0 Å². The molecule has 0 aliphatic carbocycles. The highest BCUT2D eigenvalue weighted by molar-refractivity contribution is 9.10. The van der Waals surface area contributed by atoms with E-state index in [9.17, 15) is 0 Å². The Bertz CT molecular complexity index is 326. The van der Waals surface area contributed by atoms with E-state index in [0.717, 1.165) is 30.5 Å². The zero-order valence-electron chi connectivity index (χ0n) is 9.12. The van der Waals surface area contributed by atoms with Gasteiger partial charge in [-0.1, -0.05) is 0 Å². The second kappa shape index (κ2) is 6.12. The Morgan fingerprint density at radius 1 is 1.69 bits per heavy atom. The molecule has 1 aromatic rings. The molecule has 1 aliphatic heterocycles. The first-order valence-corrected chi connectivity index (χ1v) is 7.22. The lowest BCUT2D eigenvalue weighted by molar-refractivity contribution is 0.181. The fourth-order valence-corrected chi connectivity index (χ4v) is 3.62. The second-order valence-corrected chi connectivity index (χ2v) is 6.18. The van der Waals surface area contributed by atoms with Crippen LogP contribution >= 0.6 is 27.3 Å². The van der Waals surface area contributed by atoms with E-state index in [1.807, 2.05) is 0 Å². The second-order valence-electron chi connectivity index (χ2n) is 4.26. The SMILES string of the molecule is NNC(Cc1cc(Br)cs1)CC1CCOC1. The molecule has 1 aromatic heterocycles. The molecule has 3 nitrogen and oxygen atoms in total. The summed E-state index contributed by atoms with van der Waals surface area (Å²) >= 11 is 5.25. The number of ether oxygens (including phenoxy) is 1. The number of thiophene rings is 1. The molecule has 2 rings (SSSR count). The van der Waals surface area contributed by atoms with Crippen molar-refractivity contribution in [2.24, 2.45) is 11.8 Å². The van der Waals surface area contributed by atoms with Crippen LogP contribution in [-0.2, 0) is 11.2 Å². The third kappa shape index (κ3) is 3.53. The summed E-state index contributed by atoms with van der Waals surface area (Å²) in [5.41, 5.74) is 2.92. The van der Waals surface area contributed by atoms with Gasteiger partial charge in [-0.3, -0.25) is 11.3 Å². The molecule has 1 aliphatic rings. The fraction of sp³-hybridized carbons (Fsp3) is 0.636. The van der Waals surface area contributed by atoms with Gasteiger partial charge < -0.3 is 4.74 Å². The zero-order chi connectivity index (χ0) is 11.4. The van der Waals surface area contributed by atoms with Gasteiger partial charge in [-0.25, -0.2) is 0 Å². The molecule has 3 N–H and O–H groups in total. The monoisotopic (exact) mass is 304 g/mol. The lowest BCUT2D eigenvalue weighted by atomic mass is 9.97. The number of halogens is 1. The van der Waals surface area contributed by atoms with Gasteiger partial charge in [-0.2, -0.15) is 0 Å². The molecule has 2 heterocycles. The van der Waals surface area contributed by atoms with Crippen LogP contribution in [0.4, 0.5) is 0 Å². The Kier molecular flexibility index (Phi) is 4.79. The number of hydrogen-bond donors (Lipinski definition) is 2. The van der Waals surface area contributed by atoms with Crippen molar-refractivity contribution in [1.82, 2.24) is 5.43 Å². The van der Waals surface area contributed by atoms with Crippen LogP contribution in [0.1, 0.15) is 17.7 Å². The number of hydrogen-bond acceptors (Lipinski definition) is 4. The summed E-state index contributed by atoms with van der Waals surface area (Å²) in [6.07, 6.45) is 3.28. The average Bonchev–Trinajstić information content (AvgIpc) is 2.89. The largest absolute Gasteiger partial charge is 0.381 e. The molecule has 16 heavy (non-hydrogen) atoms. The van der Waals surface area contributed by atoms with Gasteiger partial charge in [0.25, 0.3) is 0 Å². The Morgan fingerprint density at radius 2 is 2.56 bits per heavy atom. The highest BCUT2D eigenvalue weighted by Crippen LogP contribution is 2.24. The van der Waals surface area contributed by atoms with Crippen LogP contribution < -0.4 is 11.3 Å². The quantitative estimate of drug-likeness (QED) is 0.648. The first kappa shape index (κ1) is 12.5. The van der Waals surface area contributed by atoms with Crippen molar-refractivity contribution in [3.8, 4) is 0 Å². The van der Waals surface area contributed by atoms with Crippen molar-refractivity contribution in [2.75, 3.05) is 13.2 Å². The van der Waals surface area contributed by atoms with E-state index in [0.29, 0.717) is 12.0 Å². The van der Waals surface area contributed by atoms with E-state index < -0.39 is 0 Å². The summed E-state index contributed by atoms with van der Waals surface area (Å²) in [6, 6.07) is 2.53. The van der Waals surface area contributed by atoms with Crippen molar-refractivity contribution in [1.29, 1.82) is 0 Å². The van der Waals surface area contributed by atoms with Crippen LogP contribution in [-0.4, -0.2) is 19.3 Å². The van der Waals surface area contributed by atoms with Crippen molar-refractivity contribution in [2.45, 2.75) is 25.3 Å². The van der Waals surface area contributed by atoms with Crippen LogP contribution in [0.15, 0.2) is 15.9 Å². The van der Waals surface area contributed by atoms with Crippen molar-refractivity contribution < 1.29 is 4.74 Å². The minimum absolute atomic E-state index is 0.359. The number of nitrogens with two attached hydrogens (primary N) is 1. The van der Waals surface area contributed by atoms with Gasteiger partial charge in [0.1, 0.15) is 0 Å². The van der Waals surface area contributed by atoms with Crippen LogP contribution in [0.5, 0.6) is 0 Å². The molecule has 0 saturated carbocycles. The lowest BCUT2D eigenvalue weighted by Gasteiger charge is -2.18. The molecule has 2 atom stereocenters. The fourth-order valence-electron chi connectivity index (χ4n) is 2.09. The van der Waals surface area contributed by atoms with Gasteiger partial charge in [0.2, 0.25) is 0 Å². The average molecular weight is 305 g/mol. The summed E-state index contributed by atoms with van der Waals surface area (Å²) in [5.74, 6) is 6.28.